The summed E-state index contributed by atoms with van der Waals surface area (Å²) in [5, 5.41) is 5.31. The first-order valence-corrected chi connectivity index (χ1v) is 10.6. The van der Waals surface area contributed by atoms with E-state index < -0.39 is 17.8 Å². The summed E-state index contributed by atoms with van der Waals surface area (Å²) in [6, 6.07) is 15.9. The molecule has 0 saturated carbocycles. The fourth-order valence-corrected chi connectivity index (χ4v) is 2.64. The lowest BCUT2D eigenvalue weighted by Crippen LogP contribution is -2.36. The van der Waals surface area contributed by atoms with Crippen molar-refractivity contribution < 1.29 is 23.9 Å². The van der Waals surface area contributed by atoms with Gasteiger partial charge in [-0.15, -0.1) is 0 Å². The topological polar surface area (TPSA) is 93.7 Å². The minimum Gasteiger partial charge on any atom is -0.493 e. The maximum absolute atomic E-state index is 12.7. The van der Waals surface area contributed by atoms with E-state index in [-0.39, 0.29) is 25.3 Å². The van der Waals surface area contributed by atoms with Gasteiger partial charge in [0.1, 0.15) is 11.4 Å². The van der Waals surface area contributed by atoms with Gasteiger partial charge >= 0.3 is 5.97 Å². The molecule has 2 aromatic rings. The van der Waals surface area contributed by atoms with Crippen molar-refractivity contribution in [3.05, 3.63) is 71.4 Å². The van der Waals surface area contributed by atoms with Gasteiger partial charge in [-0.3, -0.25) is 14.4 Å². The zero-order chi connectivity index (χ0) is 23.3. The smallest absolute Gasteiger partial charge is 0.307 e. The van der Waals surface area contributed by atoms with Gasteiger partial charge in [-0.25, -0.2) is 0 Å². The third-order valence-corrected chi connectivity index (χ3v) is 4.22. The highest BCUT2D eigenvalue weighted by Gasteiger charge is 2.15. The van der Waals surface area contributed by atoms with Gasteiger partial charge < -0.3 is 20.1 Å². The summed E-state index contributed by atoms with van der Waals surface area (Å²) >= 11 is 0. The fraction of sp³-hybridized carbons (Fsp3) is 0.320. The summed E-state index contributed by atoms with van der Waals surface area (Å²) in [5.74, 6) is -0.255. The molecule has 0 aliphatic rings. The molecule has 2 rings (SSSR count). The SMILES string of the molecule is CCOC(=O)CCNC(=O)/C(=C\c1ccccc1)NC(=O)c1ccc(OCC(C)C)cc1. The minimum atomic E-state index is -0.497. The van der Waals surface area contributed by atoms with E-state index in [4.69, 9.17) is 9.47 Å². The highest BCUT2D eigenvalue weighted by atomic mass is 16.5. The predicted octanol–water partition coefficient (Wildman–Crippen LogP) is 3.56. The third kappa shape index (κ3) is 8.63. The molecule has 0 aliphatic heterocycles. The molecule has 0 radical (unpaired) electrons. The highest BCUT2D eigenvalue weighted by Crippen LogP contribution is 2.14. The number of carbonyl (C=O) groups is 3. The number of benzene rings is 2. The van der Waals surface area contributed by atoms with Crippen LogP contribution in [0.25, 0.3) is 6.08 Å². The van der Waals surface area contributed by atoms with Crippen LogP contribution < -0.4 is 15.4 Å². The molecule has 170 valence electrons. The molecule has 2 aromatic carbocycles. The van der Waals surface area contributed by atoms with E-state index >= 15 is 0 Å². The normalized spacial score (nSPS) is 11.1. The number of ether oxygens (including phenoxy) is 2. The lowest BCUT2D eigenvalue weighted by molar-refractivity contribution is -0.143. The molecule has 0 spiro atoms. The fourth-order valence-electron chi connectivity index (χ4n) is 2.64. The lowest BCUT2D eigenvalue weighted by atomic mass is 10.1. The number of esters is 1. The van der Waals surface area contributed by atoms with Crippen molar-refractivity contribution in [1.82, 2.24) is 10.6 Å². The van der Waals surface area contributed by atoms with Crippen LogP contribution in [-0.4, -0.2) is 37.5 Å². The average molecular weight is 439 g/mol. The molecular formula is C25H30N2O5. The predicted molar refractivity (Wildman–Crippen MR) is 123 cm³/mol. The van der Waals surface area contributed by atoms with Crippen LogP contribution in [0.1, 0.15) is 43.1 Å². The van der Waals surface area contributed by atoms with Crippen molar-refractivity contribution in [3.63, 3.8) is 0 Å². The average Bonchev–Trinajstić information content (AvgIpc) is 2.78. The zero-order valence-corrected chi connectivity index (χ0v) is 18.7. The van der Waals surface area contributed by atoms with Gasteiger partial charge in [0, 0.05) is 12.1 Å². The molecule has 0 aromatic heterocycles. The molecule has 7 nitrogen and oxygen atoms in total. The second-order valence-corrected chi connectivity index (χ2v) is 7.46. The Morgan fingerprint density at radius 1 is 1.00 bits per heavy atom. The number of hydrogen-bond donors (Lipinski definition) is 2. The van der Waals surface area contributed by atoms with Crippen LogP contribution in [0.15, 0.2) is 60.3 Å². The van der Waals surface area contributed by atoms with Crippen molar-refractivity contribution in [2.45, 2.75) is 27.2 Å². The van der Waals surface area contributed by atoms with Crippen LogP contribution in [-0.2, 0) is 14.3 Å². The number of hydrogen-bond acceptors (Lipinski definition) is 5. The second-order valence-electron chi connectivity index (χ2n) is 7.46. The first-order valence-electron chi connectivity index (χ1n) is 10.6. The van der Waals surface area contributed by atoms with Gasteiger partial charge in [-0.1, -0.05) is 44.2 Å². The molecule has 7 heteroatoms. The Balaban J connectivity index is 2.08. The maximum atomic E-state index is 12.7. The Labute approximate surface area is 188 Å². The number of nitrogens with one attached hydrogen (secondary N) is 2. The Hall–Kier alpha value is -3.61. The molecular weight excluding hydrogens is 408 g/mol. The standard InChI is InChI=1S/C25H30N2O5/c1-4-31-23(28)14-15-26-25(30)22(16-19-8-6-5-7-9-19)27-24(29)20-10-12-21(13-11-20)32-17-18(2)3/h5-13,16,18H,4,14-15,17H2,1-3H3,(H,26,30)(H,27,29)/b22-16+. The maximum Gasteiger partial charge on any atom is 0.307 e. The van der Waals surface area contributed by atoms with E-state index in [1.807, 2.05) is 30.3 Å². The van der Waals surface area contributed by atoms with Crippen LogP contribution in [0.4, 0.5) is 0 Å². The Kier molecular flexibility index (Phi) is 9.97. The monoisotopic (exact) mass is 438 g/mol. The molecule has 0 aliphatic carbocycles. The number of amides is 2. The quantitative estimate of drug-likeness (QED) is 0.413. The number of carbonyl (C=O) groups excluding carboxylic acids is 3. The first kappa shape index (κ1) is 24.7. The van der Waals surface area contributed by atoms with Crippen LogP contribution in [0.2, 0.25) is 0 Å². The highest BCUT2D eigenvalue weighted by molar-refractivity contribution is 6.05. The molecule has 0 heterocycles. The van der Waals surface area contributed by atoms with E-state index in [1.54, 1.807) is 37.3 Å². The second kappa shape index (κ2) is 12.9. The van der Waals surface area contributed by atoms with E-state index in [9.17, 15) is 14.4 Å². The zero-order valence-electron chi connectivity index (χ0n) is 18.7. The first-order chi connectivity index (χ1) is 15.4. The minimum absolute atomic E-state index is 0.0456. The summed E-state index contributed by atoms with van der Waals surface area (Å²) in [7, 11) is 0. The van der Waals surface area contributed by atoms with Crippen molar-refractivity contribution in [2.75, 3.05) is 19.8 Å². The lowest BCUT2D eigenvalue weighted by Gasteiger charge is -2.12. The van der Waals surface area contributed by atoms with Gasteiger partial charge in [-0.2, -0.15) is 0 Å². The summed E-state index contributed by atoms with van der Waals surface area (Å²) in [5.41, 5.74) is 1.21. The van der Waals surface area contributed by atoms with Crippen LogP contribution in [0.5, 0.6) is 5.75 Å². The van der Waals surface area contributed by atoms with Crippen molar-refractivity contribution in [1.29, 1.82) is 0 Å². The summed E-state index contributed by atoms with van der Waals surface area (Å²) in [6.07, 6.45) is 1.63. The van der Waals surface area contributed by atoms with Gasteiger partial charge in [0.2, 0.25) is 0 Å². The summed E-state index contributed by atoms with van der Waals surface area (Å²) in [6.45, 7) is 6.79. The molecule has 2 amide bonds. The van der Waals surface area contributed by atoms with Gasteiger partial charge in [-0.05, 0) is 48.7 Å². The molecule has 0 atom stereocenters. The molecule has 0 unspecified atom stereocenters. The Morgan fingerprint density at radius 3 is 2.31 bits per heavy atom. The van der Waals surface area contributed by atoms with E-state index in [2.05, 4.69) is 24.5 Å². The van der Waals surface area contributed by atoms with Crippen LogP contribution in [0, 0.1) is 5.92 Å². The molecule has 2 N–H and O–H groups in total. The summed E-state index contributed by atoms with van der Waals surface area (Å²) < 4.78 is 10.5. The van der Waals surface area contributed by atoms with Crippen LogP contribution in [0.3, 0.4) is 0 Å². The molecule has 32 heavy (non-hydrogen) atoms. The van der Waals surface area contributed by atoms with Crippen molar-refractivity contribution in [3.8, 4) is 5.75 Å². The van der Waals surface area contributed by atoms with Gasteiger partial charge in [0.05, 0.1) is 19.6 Å². The third-order valence-electron chi connectivity index (χ3n) is 4.22. The van der Waals surface area contributed by atoms with Gasteiger partial charge in [0.15, 0.2) is 0 Å². The Morgan fingerprint density at radius 2 is 1.69 bits per heavy atom. The largest absolute Gasteiger partial charge is 0.493 e. The molecule has 0 saturated heterocycles. The summed E-state index contributed by atoms with van der Waals surface area (Å²) in [4.78, 5) is 36.9. The Bertz CT molecular complexity index is 921. The molecule has 0 bridgehead atoms. The van der Waals surface area contributed by atoms with Crippen molar-refractivity contribution >= 4 is 23.9 Å². The van der Waals surface area contributed by atoms with E-state index in [0.29, 0.717) is 23.8 Å². The number of rotatable bonds is 11. The van der Waals surface area contributed by atoms with E-state index in [0.717, 1.165) is 5.56 Å². The molecule has 0 fully saturated rings. The van der Waals surface area contributed by atoms with Crippen molar-refractivity contribution in [2.24, 2.45) is 5.92 Å². The van der Waals surface area contributed by atoms with Crippen LogP contribution >= 0.6 is 0 Å². The van der Waals surface area contributed by atoms with Gasteiger partial charge in [0.25, 0.3) is 11.8 Å². The van der Waals surface area contributed by atoms with E-state index in [1.165, 1.54) is 0 Å².